The Balaban J connectivity index is 1.25. The van der Waals surface area contributed by atoms with Gasteiger partial charge in [0.25, 0.3) is 0 Å². The lowest BCUT2D eigenvalue weighted by molar-refractivity contribution is -0.125. The van der Waals surface area contributed by atoms with Gasteiger partial charge in [0.2, 0.25) is 11.8 Å². The molecule has 0 bridgehead atoms. The number of hydrogen-bond acceptors (Lipinski definition) is 3. The van der Waals surface area contributed by atoms with Crippen LogP contribution < -0.4 is 15.4 Å². The van der Waals surface area contributed by atoms with E-state index in [9.17, 15) is 9.59 Å². The highest BCUT2D eigenvalue weighted by Gasteiger charge is 2.48. The number of nitrogens with one attached hydrogen (secondary N) is 2. The second kappa shape index (κ2) is 9.12. The standard InChI is InChI=1S/C24H28N2O3/c27-23(25-17-8-4-1-2-5-9-17)21-16-22(21)24(28)26-18-12-14-20(15-13-18)29-19-10-6-3-7-11-19/h3,6-7,10-15,17,21-22H,1-2,4-5,8-9,16H2,(H,25,27)(H,26,28). The first kappa shape index (κ1) is 19.5. The van der Waals surface area contributed by atoms with Gasteiger partial charge in [0.05, 0.1) is 11.8 Å². The number of benzene rings is 2. The van der Waals surface area contributed by atoms with E-state index in [0.717, 1.165) is 18.6 Å². The van der Waals surface area contributed by atoms with Crippen molar-refractivity contribution in [3.63, 3.8) is 0 Å². The summed E-state index contributed by atoms with van der Waals surface area (Å²) in [5.74, 6) is 1.04. The van der Waals surface area contributed by atoms with Crippen LogP contribution in [0.1, 0.15) is 44.9 Å². The third-order valence-electron chi connectivity index (χ3n) is 5.77. The van der Waals surface area contributed by atoms with Crippen LogP contribution >= 0.6 is 0 Å². The average Bonchev–Trinajstić information content (AvgIpc) is 3.55. The van der Waals surface area contributed by atoms with Crippen molar-refractivity contribution < 1.29 is 14.3 Å². The predicted molar refractivity (Wildman–Crippen MR) is 113 cm³/mol. The highest BCUT2D eigenvalue weighted by atomic mass is 16.5. The molecule has 5 nitrogen and oxygen atoms in total. The number of ether oxygens (including phenoxy) is 1. The molecule has 2 N–H and O–H groups in total. The van der Waals surface area contributed by atoms with Gasteiger partial charge in [-0.25, -0.2) is 0 Å². The Morgan fingerprint density at radius 2 is 1.38 bits per heavy atom. The van der Waals surface area contributed by atoms with Crippen LogP contribution in [-0.4, -0.2) is 17.9 Å². The summed E-state index contributed by atoms with van der Waals surface area (Å²) in [6.07, 6.45) is 7.65. The van der Waals surface area contributed by atoms with Crippen molar-refractivity contribution in [3.05, 3.63) is 54.6 Å². The molecule has 2 aliphatic carbocycles. The second-order valence-corrected chi connectivity index (χ2v) is 8.07. The molecule has 2 atom stereocenters. The van der Waals surface area contributed by atoms with Crippen LogP contribution in [0.15, 0.2) is 54.6 Å². The Hall–Kier alpha value is -2.82. The molecule has 2 fully saturated rings. The van der Waals surface area contributed by atoms with Gasteiger partial charge in [-0.3, -0.25) is 9.59 Å². The normalized spacial score (nSPS) is 21.7. The van der Waals surface area contributed by atoms with Gasteiger partial charge in [-0.2, -0.15) is 0 Å². The fourth-order valence-electron chi connectivity index (χ4n) is 3.97. The Morgan fingerprint density at radius 1 is 0.759 bits per heavy atom. The van der Waals surface area contributed by atoms with E-state index >= 15 is 0 Å². The fourth-order valence-corrected chi connectivity index (χ4v) is 3.97. The highest BCUT2D eigenvalue weighted by Crippen LogP contribution is 2.40. The molecule has 5 heteroatoms. The van der Waals surface area contributed by atoms with Crippen molar-refractivity contribution in [3.8, 4) is 11.5 Å². The van der Waals surface area contributed by atoms with Gasteiger partial charge < -0.3 is 15.4 Å². The van der Waals surface area contributed by atoms with E-state index in [4.69, 9.17) is 4.74 Å². The molecule has 0 aliphatic heterocycles. The number of rotatable bonds is 6. The summed E-state index contributed by atoms with van der Waals surface area (Å²) in [5, 5.41) is 6.08. The number of carbonyl (C=O) groups is 2. The molecule has 2 aromatic carbocycles. The summed E-state index contributed by atoms with van der Waals surface area (Å²) >= 11 is 0. The van der Waals surface area contributed by atoms with E-state index in [1.807, 2.05) is 54.6 Å². The molecule has 2 aliphatic rings. The Bertz CT molecular complexity index is 827. The lowest BCUT2D eigenvalue weighted by Crippen LogP contribution is -2.36. The maximum Gasteiger partial charge on any atom is 0.228 e. The maximum atomic E-state index is 12.5. The van der Waals surface area contributed by atoms with Gasteiger partial charge in [-0.15, -0.1) is 0 Å². The number of amides is 2. The molecule has 0 spiro atoms. The van der Waals surface area contributed by atoms with Crippen LogP contribution in [0, 0.1) is 11.8 Å². The molecular weight excluding hydrogens is 364 g/mol. The molecule has 2 saturated carbocycles. The topological polar surface area (TPSA) is 67.4 Å². The van der Waals surface area contributed by atoms with E-state index < -0.39 is 0 Å². The number of carbonyl (C=O) groups excluding carboxylic acids is 2. The number of para-hydroxylation sites is 1. The molecule has 0 aromatic heterocycles. The van der Waals surface area contributed by atoms with Gasteiger partial charge >= 0.3 is 0 Å². The zero-order valence-electron chi connectivity index (χ0n) is 16.6. The largest absolute Gasteiger partial charge is 0.457 e. The molecular formula is C24H28N2O3. The smallest absolute Gasteiger partial charge is 0.228 e. The van der Waals surface area contributed by atoms with Gasteiger partial charge in [0.1, 0.15) is 11.5 Å². The van der Waals surface area contributed by atoms with Crippen LogP contribution in [0.5, 0.6) is 11.5 Å². The maximum absolute atomic E-state index is 12.5. The van der Waals surface area contributed by atoms with Gasteiger partial charge in [-0.1, -0.05) is 43.9 Å². The fraction of sp³-hybridized carbons (Fsp3) is 0.417. The first-order valence-electron chi connectivity index (χ1n) is 10.6. The average molecular weight is 392 g/mol. The molecule has 0 radical (unpaired) electrons. The quantitative estimate of drug-likeness (QED) is 0.688. The summed E-state index contributed by atoms with van der Waals surface area (Å²) in [4.78, 5) is 25.0. The number of hydrogen-bond donors (Lipinski definition) is 2. The van der Waals surface area contributed by atoms with Crippen LogP contribution in [0.25, 0.3) is 0 Å². The molecule has 29 heavy (non-hydrogen) atoms. The highest BCUT2D eigenvalue weighted by molar-refractivity contribution is 5.99. The summed E-state index contributed by atoms with van der Waals surface area (Å²) < 4.78 is 5.76. The summed E-state index contributed by atoms with van der Waals surface area (Å²) in [5.41, 5.74) is 0.713. The Morgan fingerprint density at radius 3 is 2.07 bits per heavy atom. The zero-order valence-corrected chi connectivity index (χ0v) is 16.6. The van der Waals surface area contributed by atoms with Gasteiger partial charge in [0.15, 0.2) is 0 Å². The summed E-state index contributed by atoms with van der Waals surface area (Å²) in [7, 11) is 0. The number of anilines is 1. The zero-order chi connectivity index (χ0) is 20.1. The van der Waals surface area contributed by atoms with Crippen molar-refractivity contribution in [1.29, 1.82) is 0 Å². The Labute approximate surface area is 171 Å². The first-order valence-corrected chi connectivity index (χ1v) is 10.6. The van der Waals surface area contributed by atoms with E-state index in [2.05, 4.69) is 10.6 Å². The molecule has 152 valence electrons. The molecule has 0 saturated heterocycles. The van der Waals surface area contributed by atoms with E-state index in [-0.39, 0.29) is 29.7 Å². The van der Waals surface area contributed by atoms with Crippen molar-refractivity contribution >= 4 is 17.5 Å². The third-order valence-corrected chi connectivity index (χ3v) is 5.77. The van der Waals surface area contributed by atoms with Crippen molar-refractivity contribution in [2.75, 3.05) is 5.32 Å². The van der Waals surface area contributed by atoms with Crippen LogP contribution in [0.2, 0.25) is 0 Å². The predicted octanol–water partition coefficient (Wildman–Crippen LogP) is 4.89. The molecule has 0 heterocycles. The van der Waals surface area contributed by atoms with E-state index in [1.54, 1.807) is 0 Å². The minimum Gasteiger partial charge on any atom is -0.457 e. The second-order valence-electron chi connectivity index (χ2n) is 8.07. The summed E-state index contributed by atoms with van der Waals surface area (Å²) in [6, 6.07) is 17.1. The SMILES string of the molecule is O=C(Nc1ccc(Oc2ccccc2)cc1)C1CC1C(=O)NC1CCCCCC1. The van der Waals surface area contributed by atoms with Crippen molar-refractivity contribution in [2.24, 2.45) is 11.8 Å². The Kier molecular flexibility index (Phi) is 6.13. The van der Waals surface area contributed by atoms with Crippen LogP contribution in [0.4, 0.5) is 5.69 Å². The molecule has 2 unspecified atom stereocenters. The first-order chi connectivity index (χ1) is 14.2. The lowest BCUT2D eigenvalue weighted by atomic mass is 10.1. The summed E-state index contributed by atoms with van der Waals surface area (Å²) in [6.45, 7) is 0. The minimum absolute atomic E-state index is 0.0451. The minimum atomic E-state index is -0.221. The molecule has 2 amide bonds. The van der Waals surface area contributed by atoms with E-state index in [0.29, 0.717) is 17.9 Å². The molecule has 2 aromatic rings. The monoisotopic (exact) mass is 392 g/mol. The van der Waals surface area contributed by atoms with Crippen LogP contribution in [-0.2, 0) is 9.59 Å². The van der Waals surface area contributed by atoms with E-state index in [1.165, 1.54) is 25.7 Å². The van der Waals surface area contributed by atoms with Gasteiger partial charge in [0, 0.05) is 11.7 Å². The van der Waals surface area contributed by atoms with Crippen LogP contribution in [0.3, 0.4) is 0 Å². The van der Waals surface area contributed by atoms with Gasteiger partial charge in [-0.05, 0) is 55.7 Å². The lowest BCUT2D eigenvalue weighted by Gasteiger charge is -2.16. The van der Waals surface area contributed by atoms with Crippen molar-refractivity contribution in [1.82, 2.24) is 5.32 Å². The third kappa shape index (κ3) is 5.37. The molecule has 4 rings (SSSR count). The van der Waals surface area contributed by atoms with Crippen molar-refractivity contribution in [2.45, 2.75) is 51.0 Å².